The van der Waals surface area contributed by atoms with Gasteiger partial charge in [-0.25, -0.2) is 9.82 Å². The molecule has 3 nitrogen and oxygen atoms in total. The van der Waals surface area contributed by atoms with E-state index in [1.165, 1.54) is 19.2 Å². The molecule has 0 amide bonds. The summed E-state index contributed by atoms with van der Waals surface area (Å²) in [5, 5.41) is 0.568. The Labute approximate surface area is 130 Å². The summed E-state index contributed by atoms with van der Waals surface area (Å²) in [5.74, 6) is 5.82. The maximum absolute atomic E-state index is 13.5. The summed E-state index contributed by atoms with van der Waals surface area (Å²) in [5.41, 5.74) is 4.06. The molecule has 6 heteroatoms. The summed E-state index contributed by atoms with van der Waals surface area (Å²) in [7, 11) is 1.53. The Morgan fingerprint density at radius 1 is 1.25 bits per heavy atom. The SMILES string of the molecule is COc1ccc(F)cc1C(NN)c1cc(Cl)ccc1Br. The number of ether oxygens (including phenoxy) is 1. The number of rotatable bonds is 4. The van der Waals surface area contributed by atoms with Gasteiger partial charge in [-0.05, 0) is 42.0 Å². The minimum absolute atomic E-state index is 0.362. The maximum atomic E-state index is 13.5. The molecule has 0 radical (unpaired) electrons. The van der Waals surface area contributed by atoms with Crippen molar-refractivity contribution in [1.29, 1.82) is 0 Å². The monoisotopic (exact) mass is 358 g/mol. The molecule has 0 heterocycles. The summed E-state index contributed by atoms with van der Waals surface area (Å²) in [6, 6.07) is 9.17. The van der Waals surface area contributed by atoms with E-state index in [1.54, 1.807) is 18.2 Å². The van der Waals surface area contributed by atoms with Gasteiger partial charge in [0.2, 0.25) is 0 Å². The van der Waals surface area contributed by atoms with Gasteiger partial charge in [0.1, 0.15) is 11.6 Å². The van der Waals surface area contributed by atoms with E-state index in [-0.39, 0.29) is 5.82 Å². The molecule has 1 unspecified atom stereocenters. The van der Waals surface area contributed by atoms with Crippen LogP contribution in [0.15, 0.2) is 40.9 Å². The first-order valence-electron chi connectivity index (χ1n) is 5.81. The van der Waals surface area contributed by atoms with E-state index >= 15 is 0 Å². The summed E-state index contributed by atoms with van der Waals surface area (Å²) < 4.78 is 19.6. The van der Waals surface area contributed by atoms with Crippen molar-refractivity contribution < 1.29 is 9.13 Å². The molecule has 0 saturated carbocycles. The number of hydrogen-bond acceptors (Lipinski definition) is 3. The molecular formula is C14H13BrClFN2O. The van der Waals surface area contributed by atoms with Crippen LogP contribution in [0.5, 0.6) is 5.75 Å². The Bertz CT molecular complexity index is 624. The van der Waals surface area contributed by atoms with Crippen molar-refractivity contribution in [2.45, 2.75) is 6.04 Å². The number of halogens is 3. The Morgan fingerprint density at radius 2 is 2.00 bits per heavy atom. The quantitative estimate of drug-likeness (QED) is 0.645. The molecule has 2 aromatic carbocycles. The first-order chi connectivity index (χ1) is 9.56. The highest BCUT2D eigenvalue weighted by Gasteiger charge is 2.20. The minimum Gasteiger partial charge on any atom is -0.496 e. The summed E-state index contributed by atoms with van der Waals surface area (Å²) in [6.45, 7) is 0. The van der Waals surface area contributed by atoms with Crippen LogP contribution < -0.4 is 16.0 Å². The van der Waals surface area contributed by atoms with Gasteiger partial charge in [0.15, 0.2) is 0 Å². The third-order valence-corrected chi connectivity index (χ3v) is 3.90. The smallest absolute Gasteiger partial charge is 0.124 e. The van der Waals surface area contributed by atoms with Crippen LogP contribution in [0.25, 0.3) is 0 Å². The first kappa shape index (κ1) is 15.3. The number of methoxy groups -OCH3 is 1. The average molecular weight is 360 g/mol. The van der Waals surface area contributed by atoms with Gasteiger partial charge in [0.25, 0.3) is 0 Å². The lowest BCUT2D eigenvalue weighted by atomic mass is 9.98. The van der Waals surface area contributed by atoms with Gasteiger partial charge in [-0.3, -0.25) is 5.84 Å². The molecule has 2 aromatic rings. The molecule has 0 bridgehead atoms. The topological polar surface area (TPSA) is 47.3 Å². The second-order valence-electron chi connectivity index (χ2n) is 4.15. The Kier molecular flexibility index (Phi) is 4.99. The number of nitrogens with one attached hydrogen (secondary N) is 1. The molecule has 0 saturated heterocycles. The van der Waals surface area contributed by atoms with E-state index in [4.69, 9.17) is 22.2 Å². The molecule has 0 aliphatic carbocycles. The number of hydrogen-bond donors (Lipinski definition) is 2. The van der Waals surface area contributed by atoms with E-state index in [1.807, 2.05) is 6.07 Å². The average Bonchev–Trinajstić information content (AvgIpc) is 2.44. The van der Waals surface area contributed by atoms with Crippen molar-refractivity contribution in [2.24, 2.45) is 5.84 Å². The van der Waals surface area contributed by atoms with Gasteiger partial charge < -0.3 is 4.74 Å². The van der Waals surface area contributed by atoms with Gasteiger partial charge in [-0.2, -0.15) is 0 Å². The molecule has 106 valence electrons. The van der Waals surface area contributed by atoms with Crippen LogP contribution >= 0.6 is 27.5 Å². The normalized spacial score (nSPS) is 12.2. The lowest BCUT2D eigenvalue weighted by Crippen LogP contribution is -2.29. The molecule has 20 heavy (non-hydrogen) atoms. The molecule has 0 aliphatic rings. The highest BCUT2D eigenvalue weighted by Crippen LogP contribution is 2.35. The van der Waals surface area contributed by atoms with Gasteiger partial charge in [-0.1, -0.05) is 27.5 Å². The fourth-order valence-electron chi connectivity index (χ4n) is 2.01. The molecule has 1 atom stereocenters. The van der Waals surface area contributed by atoms with E-state index in [2.05, 4.69) is 21.4 Å². The van der Waals surface area contributed by atoms with Crippen LogP contribution in [-0.4, -0.2) is 7.11 Å². The van der Waals surface area contributed by atoms with E-state index in [9.17, 15) is 4.39 Å². The lowest BCUT2D eigenvalue weighted by Gasteiger charge is -2.21. The van der Waals surface area contributed by atoms with Crippen molar-refractivity contribution in [3.8, 4) is 5.75 Å². The lowest BCUT2D eigenvalue weighted by molar-refractivity contribution is 0.402. The predicted octanol–water partition coefficient (Wildman–Crippen LogP) is 3.80. The Hall–Kier alpha value is -1.14. The zero-order valence-electron chi connectivity index (χ0n) is 10.7. The zero-order chi connectivity index (χ0) is 14.7. The van der Waals surface area contributed by atoms with Gasteiger partial charge in [0, 0.05) is 15.1 Å². The van der Waals surface area contributed by atoms with Gasteiger partial charge >= 0.3 is 0 Å². The largest absolute Gasteiger partial charge is 0.496 e. The van der Waals surface area contributed by atoms with E-state index in [0.29, 0.717) is 16.3 Å². The second-order valence-corrected chi connectivity index (χ2v) is 5.44. The van der Waals surface area contributed by atoms with Crippen LogP contribution in [0, 0.1) is 5.82 Å². The predicted molar refractivity (Wildman–Crippen MR) is 81.3 cm³/mol. The van der Waals surface area contributed by atoms with Crippen molar-refractivity contribution >= 4 is 27.5 Å². The molecule has 0 fully saturated rings. The molecule has 0 aromatic heterocycles. The summed E-state index contributed by atoms with van der Waals surface area (Å²) >= 11 is 9.46. The molecule has 3 N–H and O–H groups in total. The maximum Gasteiger partial charge on any atom is 0.124 e. The highest BCUT2D eigenvalue weighted by molar-refractivity contribution is 9.10. The zero-order valence-corrected chi connectivity index (χ0v) is 13.0. The van der Waals surface area contributed by atoms with Crippen LogP contribution in [0.4, 0.5) is 4.39 Å². The van der Waals surface area contributed by atoms with Crippen molar-refractivity contribution in [3.05, 3.63) is 62.8 Å². The van der Waals surface area contributed by atoms with Crippen LogP contribution in [0.3, 0.4) is 0 Å². The first-order valence-corrected chi connectivity index (χ1v) is 6.98. The third-order valence-electron chi connectivity index (χ3n) is 2.94. The van der Waals surface area contributed by atoms with Gasteiger partial charge in [0.05, 0.1) is 13.2 Å². The van der Waals surface area contributed by atoms with Crippen LogP contribution in [-0.2, 0) is 0 Å². The Balaban J connectivity index is 2.57. The number of nitrogens with two attached hydrogens (primary N) is 1. The van der Waals surface area contributed by atoms with E-state index < -0.39 is 6.04 Å². The van der Waals surface area contributed by atoms with Crippen molar-refractivity contribution in [1.82, 2.24) is 5.43 Å². The number of benzene rings is 2. The van der Waals surface area contributed by atoms with Crippen LogP contribution in [0.2, 0.25) is 5.02 Å². The second kappa shape index (κ2) is 6.54. The number of hydrazine groups is 1. The highest BCUT2D eigenvalue weighted by atomic mass is 79.9. The standard InChI is InChI=1S/C14H13BrClFN2O/c1-20-13-5-3-9(17)7-11(13)14(19-18)10-6-8(16)2-4-12(10)15/h2-7,14,19H,18H2,1H3. The molecule has 0 spiro atoms. The third kappa shape index (κ3) is 3.12. The Morgan fingerprint density at radius 3 is 2.65 bits per heavy atom. The fourth-order valence-corrected chi connectivity index (χ4v) is 2.67. The van der Waals surface area contributed by atoms with Crippen molar-refractivity contribution in [3.63, 3.8) is 0 Å². The minimum atomic E-state index is -0.450. The molecule has 2 rings (SSSR count). The molecule has 0 aliphatic heterocycles. The van der Waals surface area contributed by atoms with Crippen LogP contribution in [0.1, 0.15) is 17.2 Å². The summed E-state index contributed by atoms with van der Waals surface area (Å²) in [4.78, 5) is 0. The summed E-state index contributed by atoms with van der Waals surface area (Å²) in [6.07, 6.45) is 0. The van der Waals surface area contributed by atoms with E-state index in [0.717, 1.165) is 10.0 Å². The van der Waals surface area contributed by atoms with Crippen molar-refractivity contribution in [2.75, 3.05) is 7.11 Å². The van der Waals surface area contributed by atoms with Gasteiger partial charge in [-0.15, -0.1) is 0 Å². The molecular weight excluding hydrogens is 347 g/mol. The fraction of sp³-hybridized carbons (Fsp3) is 0.143.